The number of nitrogens with two attached hydrogens (primary N) is 1. The summed E-state index contributed by atoms with van der Waals surface area (Å²) in [5, 5.41) is 0. The molecule has 0 radical (unpaired) electrons. The molecule has 1 atom stereocenters. The van der Waals surface area contributed by atoms with E-state index in [1.54, 1.807) is 31.8 Å². The third-order valence-corrected chi connectivity index (χ3v) is 4.98. The number of likely N-dealkylation sites (N-methyl/N-ethyl adjacent to an activating group) is 1. The summed E-state index contributed by atoms with van der Waals surface area (Å²) in [5.41, 5.74) is 8.58. The lowest BCUT2D eigenvalue weighted by molar-refractivity contribution is -0.129. The van der Waals surface area contributed by atoms with E-state index in [9.17, 15) is 4.79 Å². The van der Waals surface area contributed by atoms with Crippen molar-refractivity contribution in [2.45, 2.75) is 18.9 Å². The van der Waals surface area contributed by atoms with Crippen molar-refractivity contribution in [3.05, 3.63) is 78.0 Å². The first-order valence-electron chi connectivity index (χ1n) is 9.02. The molecule has 0 bridgehead atoms. The Labute approximate surface area is 163 Å². The van der Waals surface area contributed by atoms with E-state index >= 15 is 0 Å². The van der Waals surface area contributed by atoms with Gasteiger partial charge in [0.25, 0.3) is 5.91 Å². The molecule has 1 unspecified atom stereocenters. The summed E-state index contributed by atoms with van der Waals surface area (Å²) in [5.74, 6) is -0.0747. The van der Waals surface area contributed by atoms with Gasteiger partial charge in [0.05, 0.1) is 17.6 Å². The third-order valence-electron chi connectivity index (χ3n) is 4.98. The van der Waals surface area contributed by atoms with Gasteiger partial charge in [0.2, 0.25) is 5.54 Å². The smallest absolute Gasteiger partial charge is 0.267 e. The summed E-state index contributed by atoms with van der Waals surface area (Å²) >= 11 is 0. The molecule has 0 aliphatic carbocycles. The Morgan fingerprint density at radius 2 is 1.96 bits per heavy atom. The summed E-state index contributed by atoms with van der Waals surface area (Å²) in [7, 11) is 1.62. The zero-order valence-electron chi connectivity index (χ0n) is 15.7. The Kier molecular flexibility index (Phi) is 4.35. The molecule has 0 spiro atoms. The van der Waals surface area contributed by atoms with E-state index in [0.29, 0.717) is 17.0 Å². The fourth-order valence-electron chi connectivity index (χ4n) is 3.34. The van der Waals surface area contributed by atoms with Gasteiger partial charge >= 0.3 is 0 Å². The van der Waals surface area contributed by atoms with Crippen LogP contribution in [0.2, 0.25) is 0 Å². The first kappa shape index (κ1) is 17.8. The molecule has 2 N–H and O–H groups in total. The molecular weight excluding hydrogens is 352 g/mol. The van der Waals surface area contributed by atoms with Gasteiger partial charge in [-0.3, -0.25) is 24.6 Å². The molecule has 140 valence electrons. The summed E-state index contributed by atoms with van der Waals surface area (Å²) in [6, 6.07) is 11.4. The number of guanidine groups is 1. The maximum atomic E-state index is 13.3. The number of carbonyl (C=O) groups excluding carboxylic acids is 1. The predicted octanol–water partition coefficient (Wildman–Crippen LogP) is 2.13. The summed E-state index contributed by atoms with van der Waals surface area (Å²) in [4.78, 5) is 32.3. The molecular formula is C21H20N6O. The Morgan fingerprint density at radius 1 is 1.11 bits per heavy atom. The highest BCUT2D eigenvalue weighted by molar-refractivity contribution is 6.08. The van der Waals surface area contributed by atoms with E-state index in [1.165, 1.54) is 4.90 Å². The van der Waals surface area contributed by atoms with Crippen LogP contribution in [-0.2, 0) is 16.8 Å². The van der Waals surface area contributed by atoms with Crippen molar-refractivity contribution in [3.8, 4) is 11.3 Å². The standard InChI is InChI=1S/C21H20N6O/c1-3-14-7-8-18(25-12-14)21(19(28)27(2)20(22)26-21)16-6-4-5-15(11-16)17-13-23-9-10-24-17/h4-13H,3H2,1-2H3,(H2,22,26). The topological polar surface area (TPSA) is 97.4 Å². The van der Waals surface area contributed by atoms with Gasteiger partial charge in [-0.2, -0.15) is 0 Å². The lowest BCUT2D eigenvalue weighted by atomic mass is 9.85. The molecule has 1 aromatic carbocycles. The minimum atomic E-state index is -1.32. The van der Waals surface area contributed by atoms with Crippen molar-refractivity contribution in [1.29, 1.82) is 0 Å². The van der Waals surface area contributed by atoms with Gasteiger partial charge in [0.1, 0.15) is 0 Å². The van der Waals surface area contributed by atoms with Crippen LogP contribution < -0.4 is 5.73 Å². The Hall–Kier alpha value is -3.61. The van der Waals surface area contributed by atoms with E-state index in [4.69, 9.17) is 5.73 Å². The zero-order valence-corrected chi connectivity index (χ0v) is 15.7. The molecule has 0 saturated heterocycles. The minimum Gasteiger partial charge on any atom is -0.369 e. The lowest BCUT2D eigenvalue weighted by Gasteiger charge is -2.25. The van der Waals surface area contributed by atoms with Gasteiger partial charge in [-0.05, 0) is 29.7 Å². The van der Waals surface area contributed by atoms with E-state index < -0.39 is 5.54 Å². The quantitative estimate of drug-likeness (QED) is 0.757. The van der Waals surface area contributed by atoms with E-state index in [-0.39, 0.29) is 11.9 Å². The second-order valence-electron chi connectivity index (χ2n) is 6.62. The number of aromatic nitrogens is 3. The van der Waals surface area contributed by atoms with Crippen molar-refractivity contribution in [2.24, 2.45) is 10.7 Å². The number of benzene rings is 1. The second-order valence-corrected chi connectivity index (χ2v) is 6.62. The molecule has 2 aromatic heterocycles. The fourth-order valence-corrected chi connectivity index (χ4v) is 3.34. The second kappa shape index (κ2) is 6.84. The van der Waals surface area contributed by atoms with Crippen molar-refractivity contribution < 1.29 is 4.79 Å². The molecule has 0 saturated carbocycles. The Balaban J connectivity index is 1.91. The largest absolute Gasteiger partial charge is 0.369 e. The molecule has 7 nitrogen and oxygen atoms in total. The average molecular weight is 372 g/mol. The van der Waals surface area contributed by atoms with Crippen LogP contribution in [0.3, 0.4) is 0 Å². The van der Waals surface area contributed by atoms with Gasteiger partial charge < -0.3 is 5.73 Å². The normalized spacial score (nSPS) is 19.0. The molecule has 28 heavy (non-hydrogen) atoms. The maximum absolute atomic E-state index is 13.3. The van der Waals surface area contributed by atoms with Crippen LogP contribution in [0, 0.1) is 0 Å². The number of hydrogen-bond donors (Lipinski definition) is 1. The minimum absolute atomic E-state index is 0.163. The van der Waals surface area contributed by atoms with Gasteiger partial charge in [-0.25, -0.2) is 4.99 Å². The van der Waals surface area contributed by atoms with Gasteiger partial charge in [0.15, 0.2) is 5.96 Å². The van der Waals surface area contributed by atoms with Crippen LogP contribution in [0.4, 0.5) is 0 Å². The van der Waals surface area contributed by atoms with Gasteiger partial charge in [-0.1, -0.05) is 31.2 Å². The number of rotatable bonds is 4. The number of aliphatic imine (C=N–C) groups is 1. The third kappa shape index (κ3) is 2.72. The first-order chi connectivity index (χ1) is 13.6. The van der Waals surface area contributed by atoms with Crippen LogP contribution >= 0.6 is 0 Å². The number of carbonyl (C=O) groups is 1. The molecule has 1 aliphatic heterocycles. The maximum Gasteiger partial charge on any atom is 0.267 e. The Morgan fingerprint density at radius 3 is 2.57 bits per heavy atom. The number of nitrogens with zero attached hydrogens (tertiary/aromatic N) is 5. The molecule has 0 fully saturated rings. The monoisotopic (exact) mass is 372 g/mol. The summed E-state index contributed by atoms with van der Waals surface area (Å²) < 4.78 is 0. The number of pyridine rings is 1. The zero-order chi connectivity index (χ0) is 19.7. The molecule has 1 aliphatic rings. The average Bonchev–Trinajstić information content (AvgIpc) is 2.99. The molecule has 3 aromatic rings. The number of amides is 1. The summed E-state index contributed by atoms with van der Waals surface area (Å²) in [6.45, 7) is 2.06. The van der Waals surface area contributed by atoms with Gasteiger partial charge in [0, 0.05) is 31.2 Å². The number of hydrogen-bond acceptors (Lipinski definition) is 6. The molecule has 1 amide bonds. The SMILES string of the molecule is CCc1ccc(C2(c3cccc(-c4cnccn4)c3)N=C(N)N(C)C2=O)nc1. The molecule has 3 heterocycles. The van der Waals surface area contributed by atoms with Crippen molar-refractivity contribution in [3.63, 3.8) is 0 Å². The Bertz CT molecular complexity index is 1050. The van der Waals surface area contributed by atoms with Crippen molar-refractivity contribution >= 4 is 11.9 Å². The predicted molar refractivity (Wildman–Crippen MR) is 106 cm³/mol. The highest BCUT2D eigenvalue weighted by Crippen LogP contribution is 2.39. The highest BCUT2D eigenvalue weighted by Gasteiger charge is 2.50. The van der Waals surface area contributed by atoms with E-state index in [2.05, 4.69) is 26.9 Å². The van der Waals surface area contributed by atoms with Crippen molar-refractivity contribution in [1.82, 2.24) is 19.9 Å². The van der Waals surface area contributed by atoms with Crippen LogP contribution in [0.1, 0.15) is 23.7 Å². The molecule has 4 rings (SSSR count). The van der Waals surface area contributed by atoms with E-state index in [0.717, 1.165) is 17.5 Å². The molecule has 7 heteroatoms. The summed E-state index contributed by atoms with van der Waals surface area (Å²) in [6.07, 6.45) is 7.57. The number of aryl methyl sites for hydroxylation is 1. The first-order valence-corrected chi connectivity index (χ1v) is 9.02. The van der Waals surface area contributed by atoms with Crippen LogP contribution in [0.25, 0.3) is 11.3 Å². The highest BCUT2D eigenvalue weighted by atomic mass is 16.2. The van der Waals surface area contributed by atoms with Crippen LogP contribution in [-0.4, -0.2) is 38.8 Å². The lowest BCUT2D eigenvalue weighted by Crippen LogP contribution is -2.41. The van der Waals surface area contributed by atoms with Crippen LogP contribution in [0.5, 0.6) is 0 Å². The van der Waals surface area contributed by atoms with Crippen LogP contribution in [0.15, 0.2) is 66.2 Å². The van der Waals surface area contributed by atoms with Gasteiger partial charge in [-0.15, -0.1) is 0 Å². The fraction of sp³-hybridized carbons (Fsp3) is 0.190. The van der Waals surface area contributed by atoms with Crippen molar-refractivity contribution in [2.75, 3.05) is 7.05 Å². The van der Waals surface area contributed by atoms with E-state index in [1.807, 2.05) is 36.4 Å².